The van der Waals surface area contributed by atoms with Crippen molar-refractivity contribution in [1.29, 1.82) is 0 Å². The number of ether oxygens (including phenoxy) is 3. The molecule has 44 heavy (non-hydrogen) atoms. The van der Waals surface area contributed by atoms with E-state index in [-0.39, 0.29) is 30.0 Å². The molecule has 0 saturated heterocycles. The second-order valence-corrected chi connectivity index (χ2v) is 11.4. The molecule has 0 fully saturated rings. The number of aromatic nitrogens is 2. The van der Waals surface area contributed by atoms with Crippen LogP contribution >= 0.6 is 0 Å². The van der Waals surface area contributed by atoms with Crippen molar-refractivity contribution in [3.8, 4) is 16.9 Å². The number of hydroxylamine groups is 2. The van der Waals surface area contributed by atoms with Crippen LogP contribution in [-0.2, 0) is 35.2 Å². The zero-order valence-electron chi connectivity index (χ0n) is 26.3. The first-order valence-electron chi connectivity index (χ1n) is 14.0. The second-order valence-electron chi connectivity index (χ2n) is 11.4. The summed E-state index contributed by atoms with van der Waals surface area (Å²) in [4.78, 5) is 51.1. The van der Waals surface area contributed by atoms with Crippen molar-refractivity contribution in [2.45, 2.75) is 65.7 Å². The topological polar surface area (TPSA) is 138 Å². The monoisotopic (exact) mass is 610 g/mol. The molecule has 1 aliphatic heterocycles. The molecule has 3 amide bonds. The molecule has 0 unspecified atom stereocenters. The predicted molar refractivity (Wildman–Crippen MR) is 164 cm³/mol. The molecule has 0 radical (unpaired) electrons. The van der Waals surface area contributed by atoms with E-state index in [2.05, 4.69) is 28.3 Å². The third kappa shape index (κ3) is 11.5. The minimum atomic E-state index is -0.570. The second kappa shape index (κ2) is 16.2. The molecule has 0 spiro atoms. The number of benzene rings is 1. The lowest BCUT2D eigenvalue weighted by Crippen LogP contribution is -2.33. The lowest BCUT2D eigenvalue weighted by molar-refractivity contribution is -0.187. The van der Waals surface area contributed by atoms with E-state index in [1.165, 1.54) is 12.2 Å². The quantitative estimate of drug-likeness (QED) is 0.193. The van der Waals surface area contributed by atoms with Gasteiger partial charge in [-0.3, -0.25) is 23.9 Å². The van der Waals surface area contributed by atoms with Crippen molar-refractivity contribution in [3.05, 3.63) is 73.1 Å². The fourth-order valence-corrected chi connectivity index (χ4v) is 3.61. The Bertz CT molecular complexity index is 1320. The zero-order chi connectivity index (χ0) is 32.9. The third-order valence-corrected chi connectivity index (χ3v) is 5.56. The van der Waals surface area contributed by atoms with Crippen LogP contribution in [-0.4, -0.2) is 70.2 Å². The summed E-state index contributed by atoms with van der Waals surface area (Å²) >= 11 is 0. The smallest absolute Gasteiger partial charge is 0.407 e. The number of imide groups is 1. The average Bonchev–Trinajstić information content (AvgIpc) is 3.50. The van der Waals surface area contributed by atoms with Crippen LogP contribution in [0.5, 0.6) is 5.75 Å². The molecule has 12 heteroatoms. The van der Waals surface area contributed by atoms with Gasteiger partial charge in [0.2, 0.25) is 0 Å². The summed E-state index contributed by atoms with van der Waals surface area (Å²) in [7, 11) is 0. The zero-order valence-corrected chi connectivity index (χ0v) is 26.3. The normalized spacial score (nSPS) is 13.2. The first kappa shape index (κ1) is 35.5. The summed E-state index contributed by atoms with van der Waals surface area (Å²) in [6.07, 6.45) is 6.62. The van der Waals surface area contributed by atoms with E-state index < -0.39 is 23.5 Å². The number of hydrogen-bond donors (Lipinski definition) is 1. The summed E-state index contributed by atoms with van der Waals surface area (Å²) in [6, 6.07) is 7.45. The van der Waals surface area contributed by atoms with Crippen LogP contribution in [0.15, 0.2) is 73.1 Å². The Morgan fingerprint density at radius 3 is 2.05 bits per heavy atom. The molecule has 12 nitrogen and oxygen atoms in total. The van der Waals surface area contributed by atoms with Gasteiger partial charge in [-0.25, -0.2) is 4.79 Å². The highest BCUT2D eigenvalue weighted by molar-refractivity contribution is 6.21. The number of hydrogen-bond acceptors (Lipinski definition) is 9. The Balaban J connectivity index is 0.000000860. The molecule has 0 atom stereocenters. The molecule has 1 aromatic heterocycles. The average molecular weight is 611 g/mol. The van der Waals surface area contributed by atoms with Crippen molar-refractivity contribution < 1.29 is 38.2 Å². The van der Waals surface area contributed by atoms with E-state index >= 15 is 0 Å². The molecule has 3 rings (SSSR count). The number of nitrogens with one attached hydrogen (secondary N) is 1. The van der Waals surface area contributed by atoms with Crippen LogP contribution in [0.3, 0.4) is 0 Å². The predicted octanol–water partition coefficient (Wildman–Crippen LogP) is 4.77. The van der Waals surface area contributed by atoms with Crippen LogP contribution in [0, 0.1) is 0 Å². The molecule has 0 bridgehead atoms. The van der Waals surface area contributed by atoms with Crippen molar-refractivity contribution in [3.63, 3.8) is 0 Å². The van der Waals surface area contributed by atoms with Gasteiger partial charge >= 0.3 is 6.09 Å². The molecule has 2 heterocycles. The van der Waals surface area contributed by atoms with Crippen LogP contribution in [0.25, 0.3) is 11.1 Å². The van der Waals surface area contributed by atoms with Gasteiger partial charge in [-0.15, -0.1) is 5.06 Å². The lowest BCUT2D eigenvalue weighted by atomic mass is 10.1. The van der Waals surface area contributed by atoms with Crippen LogP contribution < -0.4 is 10.1 Å². The van der Waals surface area contributed by atoms with Gasteiger partial charge in [-0.1, -0.05) is 37.4 Å². The third-order valence-electron chi connectivity index (χ3n) is 5.56. The maximum absolute atomic E-state index is 12.2. The van der Waals surface area contributed by atoms with E-state index in [9.17, 15) is 19.2 Å². The van der Waals surface area contributed by atoms with Crippen LogP contribution in [0.1, 0.15) is 48.0 Å². The highest BCUT2D eigenvalue weighted by Gasteiger charge is 2.36. The van der Waals surface area contributed by atoms with Crippen molar-refractivity contribution in [2.24, 2.45) is 0 Å². The Labute approximate surface area is 258 Å². The number of rotatable bonds is 13. The van der Waals surface area contributed by atoms with Crippen molar-refractivity contribution in [1.82, 2.24) is 20.2 Å². The molecule has 0 aliphatic carbocycles. The Kier molecular flexibility index (Phi) is 13.1. The molecule has 238 valence electrons. The number of nitrogens with zero attached hydrogens (tertiary/aromatic N) is 3. The maximum Gasteiger partial charge on any atom is 0.407 e. The minimum Gasteiger partial charge on any atom is -0.491 e. The highest BCUT2D eigenvalue weighted by Crippen LogP contribution is 2.24. The highest BCUT2D eigenvalue weighted by atomic mass is 16.7. The fraction of sp³-hybridized carbons (Fsp3) is 0.406. The van der Waals surface area contributed by atoms with Crippen LogP contribution in [0.2, 0.25) is 0 Å². The summed E-state index contributed by atoms with van der Waals surface area (Å²) in [6.45, 7) is 19.8. The SMILES string of the molecule is C=CC1=C(C=C)C(=O)N(OCCOc2ccc(-c3cnn(CCCNC(=O)OC(C)(C)C)c3)cc2)C1=O.CC(C)(C)OC=O. The number of aryl methyl sites for hydroxylation is 1. The van der Waals surface area contributed by atoms with Gasteiger partial charge in [0.1, 0.15) is 30.2 Å². The van der Waals surface area contributed by atoms with Crippen molar-refractivity contribution in [2.75, 3.05) is 19.8 Å². The maximum atomic E-state index is 12.2. The van der Waals surface area contributed by atoms with Gasteiger partial charge in [0, 0.05) is 24.8 Å². The molecular weight excluding hydrogens is 568 g/mol. The standard InChI is InChI=1S/C27H32N4O6.C5H10O2/c1-6-22-23(7-2)25(33)31(24(22)32)36-16-15-35-21-11-9-19(10-12-21)20-17-29-30(18-20)14-8-13-28-26(34)37-27(3,4)5;1-5(2,3)7-4-6/h6-7,9-12,17-18H,1-2,8,13-16H2,3-5H3,(H,28,34);4H,1-3H3. The van der Waals surface area contributed by atoms with Crippen molar-refractivity contribution >= 4 is 24.4 Å². The first-order chi connectivity index (χ1) is 20.7. The van der Waals surface area contributed by atoms with E-state index in [0.29, 0.717) is 36.8 Å². The van der Waals surface area contributed by atoms with Gasteiger partial charge in [0.05, 0.1) is 17.3 Å². The molecule has 0 saturated carbocycles. The summed E-state index contributed by atoms with van der Waals surface area (Å²) in [5, 5.41) is 7.81. The van der Waals surface area contributed by atoms with E-state index in [1.807, 2.05) is 76.7 Å². The summed E-state index contributed by atoms with van der Waals surface area (Å²) in [5.74, 6) is -0.526. The fourth-order valence-electron chi connectivity index (χ4n) is 3.61. The summed E-state index contributed by atoms with van der Waals surface area (Å²) < 4.78 is 17.2. The number of carbonyl (C=O) groups is 4. The Morgan fingerprint density at radius 2 is 1.55 bits per heavy atom. The largest absolute Gasteiger partial charge is 0.491 e. The Morgan fingerprint density at radius 1 is 0.932 bits per heavy atom. The van der Waals surface area contributed by atoms with Gasteiger partial charge in [0.25, 0.3) is 18.3 Å². The van der Waals surface area contributed by atoms with Gasteiger partial charge in [-0.05, 0) is 65.7 Å². The van der Waals surface area contributed by atoms with Gasteiger partial charge in [-0.2, -0.15) is 5.10 Å². The van der Waals surface area contributed by atoms with Crippen LogP contribution in [0.4, 0.5) is 4.79 Å². The minimum absolute atomic E-state index is 0.00360. The first-order valence-corrected chi connectivity index (χ1v) is 14.0. The molecular formula is C32H42N4O8. The number of amides is 3. The Hall–Kier alpha value is -4.71. The van der Waals surface area contributed by atoms with Gasteiger partial charge in [0.15, 0.2) is 0 Å². The number of alkyl carbamates (subject to hydrolysis) is 1. The van der Waals surface area contributed by atoms with Gasteiger partial charge < -0.3 is 19.5 Å². The van der Waals surface area contributed by atoms with E-state index in [0.717, 1.165) is 11.1 Å². The summed E-state index contributed by atoms with van der Waals surface area (Å²) in [5.41, 5.74) is 1.41. The molecule has 1 aromatic carbocycles. The van der Waals surface area contributed by atoms with E-state index in [4.69, 9.17) is 14.3 Å². The molecule has 1 aliphatic rings. The molecule has 1 N–H and O–H groups in total. The number of carbonyl (C=O) groups excluding carboxylic acids is 4. The van der Waals surface area contributed by atoms with E-state index in [1.54, 1.807) is 6.20 Å². The molecule has 2 aromatic rings. The lowest BCUT2D eigenvalue weighted by Gasteiger charge is -2.19.